The molecule has 1 spiro atoms. The van der Waals surface area contributed by atoms with Crippen LogP contribution in [0.1, 0.15) is 13.3 Å². The van der Waals surface area contributed by atoms with E-state index in [1.807, 2.05) is 12.2 Å². The summed E-state index contributed by atoms with van der Waals surface area (Å²) in [4.78, 5) is 26.6. The van der Waals surface area contributed by atoms with E-state index in [0.29, 0.717) is 26.3 Å². The number of nitrogens with zero attached hydrogens (tertiary/aromatic N) is 1. The lowest BCUT2D eigenvalue weighted by Crippen LogP contribution is -2.40. The Morgan fingerprint density at radius 1 is 1.57 bits per heavy atom. The predicted molar refractivity (Wildman–Crippen MR) is 73.4 cm³/mol. The summed E-state index contributed by atoms with van der Waals surface area (Å²) in [6, 6.07) is 0. The molecule has 6 heteroatoms. The second-order valence-corrected chi connectivity index (χ2v) is 5.76. The number of fused-ring (bicyclic) bond motifs is 1. The lowest BCUT2D eigenvalue weighted by Gasteiger charge is -2.22. The molecular weight excluding hydrogens is 274 g/mol. The topological polar surface area (TPSA) is 65.1 Å². The van der Waals surface area contributed by atoms with Gasteiger partial charge >= 0.3 is 5.97 Å². The second-order valence-electron chi connectivity index (χ2n) is 5.76. The van der Waals surface area contributed by atoms with Gasteiger partial charge in [0.05, 0.1) is 25.2 Å². The van der Waals surface area contributed by atoms with Gasteiger partial charge in [0, 0.05) is 20.3 Å². The van der Waals surface area contributed by atoms with E-state index in [1.54, 1.807) is 18.9 Å². The lowest BCUT2D eigenvalue weighted by atomic mass is 9.77. The highest BCUT2D eigenvalue weighted by Gasteiger charge is 2.67. The number of rotatable bonds is 6. The van der Waals surface area contributed by atoms with Crippen LogP contribution in [0.3, 0.4) is 0 Å². The monoisotopic (exact) mass is 295 g/mol. The maximum Gasteiger partial charge on any atom is 0.312 e. The lowest BCUT2D eigenvalue weighted by molar-refractivity contribution is -0.153. The maximum absolute atomic E-state index is 12.6. The third kappa shape index (κ3) is 2.17. The third-order valence-electron chi connectivity index (χ3n) is 4.51. The smallest absolute Gasteiger partial charge is 0.312 e. The summed E-state index contributed by atoms with van der Waals surface area (Å²) in [5.74, 6) is -1.27. The Morgan fingerprint density at radius 2 is 2.38 bits per heavy atom. The molecule has 0 aromatic carbocycles. The van der Waals surface area contributed by atoms with Crippen LogP contribution < -0.4 is 0 Å². The van der Waals surface area contributed by atoms with E-state index in [0.717, 1.165) is 6.42 Å². The Balaban J connectivity index is 1.77. The van der Waals surface area contributed by atoms with Crippen LogP contribution >= 0.6 is 0 Å². The molecule has 1 amide bonds. The number of ether oxygens (including phenoxy) is 3. The Bertz CT molecular complexity index is 477. The highest BCUT2D eigenvalue weighted by Crippen LogP contribution is 2.52. The van der Waals surface area contributed by atoms with Gasteiger partial charge in [0.25, 0.3) is 0 Å². The van der Waals surface area contributed by atoms with E-state index < -0.39 is 17.4 Å². The summed E-state index contributed by atoms with van der Waals surface area (Å²) < 4.78 is 16.1. The first-order valence-electron chi connectivity index (χ1n) is 7.44. The van der Waals surface area contributed by atoms with E-state index in [4.69, 9.17) is 14.2 Å². The van der Waals surface area contributed by atoms with Crippen LogP contribution in [0.15, 0.2) is 12.2 Å². The van der Waals surface area contributed by atoms with Crippen molar-refractivity contribution in [2.45, 2.75) is 25.0 Å². The Morgan fingerprint density at radius 3 is 3.10 bits per heavy atom. The molecule has 0 N–H and O–H groups in total. The fraction of sp³-hybridized carbons (Fsp3) is 0.733. The van der Waals surface area contributed by atoms with Crippen molar-refractivity contribution >= 4 is 11.9 Å². The molecule has 2 saturated heterocycles. The van der Waals surface area contributed by atoms with Gasteiger partial charge in [-0.1, -0.05) is 12.2 Å². The fourth-order valence-corrected chi connectivity index (χ4v) is 3.67. The van der Waals surface area contributed by atoms with Gasteiger partial charge in [0.2, 0.25) is 5.91 Å². The normalized spacial score (nSPS) is 36.4. The van der Waals surface area contributed by atoms with Gasteiger partial charge in [-0.3, -0.25) is 9.59 Å². The van der Waals surface area contributed by atoms with Crippen molar-refractivity contribution in [1.29, 1.82) is 0 Å². The first kappa shape index (κ1) is 14.5. The summed E-state index contributed by atoms with van der Waals surface area (Å²) in [5.41, 5.74) is -0.633. The highest BCUT2D eigenvalue weighted by molar-refractivity contribution is 5.91. The second kappa shape index (κ2) is 5.42. The number of likely N-dealkylation sites (tertiary alicyclic amines) is 1. The fourth-order valence-electron chi connectivity index (χ4n) is 3.67. The van der Waals surface area contributed by atoms with E-state index in [-0.39, 0.29) is 18.0 Å². The number of esters is 1. The van der Waals surface area contributed by atoms with Crippen molar-refractivity contribution in [3.63, 3.8) is 0 Å². The van der Waals surface area contributed by atoms with Crippen LogP contribution in [0.25, 0.3) is 0 Å². The zero-order valence-corrected chi connectivity index (χ0v) is 12.4. The average Bonchev–Trinajstić information content (AvgIpc) is 3.08. The molecular formula is C15H21NO5. The highest BCUT2D eigenvalue weighted by atomic mass is 16.6. The van der Waals surface area contributed by atoms with Gasteiger partial charge in [-0.25, -0.2) is 0 Å². The first-order chi connectivity index (χ1) is 10.1. The van der Waals surface area contributed by atoms with Crippen LogP contribution in [-0.4, -0.2) is 61.9 Å². The SMILES string of the molecule is CCOC(=O)[C@H]1[C@H]2C(=O)N(CCCOC)C[C@@]23C=C[C@H]1O3. The van der Waals surface area contributed by atoms with Crippen LogP contribution in [0, 0.1) is 11.8 Å². The molecule has 2 fully saturated rings. The van der Waals surface area contributed by atoms with Crippen molar-refractivity contribution in [1.82, 2.24) is 4.90 Å². The molecule has 0 radical (unpaired) electrons. The zero-order valence-electron chi connectivity index (χ0n) is 12.4. The minimum atomic E-state index is -0.633. The summed E-state index contributed by atoms with van der Waals surface area (Å²) in [5, 5.41) is 0. The van der Waals surface area contributed by atoms with Gasteiger partial charge in [-0.2, -0.15) is 0 Å². The van der Waals surface area contributed by atoms with Crippen molar-refractivity contribution in [3.05, 3.63) is 12.2 Å². The molecule has 3 rings (SSSR count). The number of hydrogen-bond donors (Lipinski definition) is 0. The van der Waals surface area contributed by atoms with Crippen LogP contribution in [0.4, 0.5) is 0 Å². The van der Waals surface area contributed by atoms with Gasteiger partial charge in [-0.15, -0.1) is 0 Å². The molecule has 21 heavy (non-hydrogen) atoms. The van der Waals surface area contributed by atoms with Gasteiger partial charge in [-0.05, 0) is 13.3 Å². The standard InChI is InChI=1S/C15H21NO5/c1-3-20-14(18)11-10-5-6-15(21-10)9-16(7-4-8-19-2)13(17)12(11)15/h5-6,10-12H,3-4,7-9H2,1-2H3/t10-,11-,12+,15+/m1/s1. The molecule has 6 nitrogen and oxygen atoms in total. The van der Waals surface area contributed by atoms with Crippen LogP contribution in [-0.2, 0) is 23.8 Å². The number of hydrogen-bond acceptors (Lipinski definition) is 5. The maximum atomic E-state index is 12.6. The predicted octanol–water partition coefficient (Wildman–Crippen LogP) is 0.368. The van der Waals surface area contributed by atoms with Gasteiger partial charge in [0.1, 0.15) is 11.5 Å². The number of methoxy groups -OCH3 is 1. The van der Waals surface area contributed by atoms with E-state index >= 15 is 0 Å². The van der Waals surface area contributed by atoms with Crippen LogP contribution in [0.2, 0.25) is 0 Å². The molecule has 0 saturated carbocycles. The Labute approximate surface area is 124 Å². The minimum Gasteiger partial charge on any atom is -0.466 e. The molecule has 2 bridgehead atoms. The van der Waals surface area contributed by atoms with Crippen molar-refractivity contribution in [2.24, 2.45) is 11.8 Å². The molecule has 0 aliphatic carbocycles. The van der Waals surface area contributed by atoms with Crippen molar-refractivity contribution in [3.8, 4) is 0 Å². The summed E-state index contributed by atoms with van der Waals surface area (Å²) in [6.07, 6.45) is 4.30. The van der Waals surface area contributed by atoms with E-state index in [1.165, 1.54) is 0 Å². The average molecular weight is 295 g/mol. The molecule has 0 aromatic heterocycles. The molecule has 0 aromatic rings. The molecule has 3 aliphatic rings. The minimum absolute atomic E-state index is 0.00370. The van der Waals surface area contributed by atoms with Gasteiger partial charge in [0.15, 0.2) is 0 Å². The number of carbonyl (C=O) groups is 2. The summed E-state index contributed by atoms with van der Waals surface area (Å²) >= 11 is 0. The summed E-state index contributed by atoms with van der Waals surface area (Å²) in [6.45, 7) is 3.84. The number of amides is 1. The zero-order chi connectivity index (χ0) is 15.0. The Hall–Kier alpha value is -1.40. The van der Waals surface area contributed by atoms with Crippen molar-refractivity contribution < 1.29 is 23.8 Å². The molecule has 3 aliphatic heterocycles. The molecule has 4 atom stereocenters. The quantitative estimate of drug-likeness (QED) is 0.402. The Kier molecular flexibility index (Phi) is 3.75. The largest absolute Gasteiger partial charge is 0.466 e. The molecule has 0 unspecified atom stereocenters. The van der Waals surface area contributed by atoms with Gasteiger partial charge < -0.3 is 19.1 Å². The third-order valence-corrected chi connectivity index (χ3v) is 4.51. The molecule has 116 valence electrons. The number of carbonyl (C=O) groups excluding carboxylic acids is 2. The first-order valence-corrected chi connectivity index (χ1v) is 7.44. The van der Waals surface area contributed by atoms with Crippen LogP contribution in [0.5, 0.6) is 0 Å². The summed E-state index contributed by atoms with van der Waals surface area (Å²) in [7, 11) is 1.64. The van der Waals surface area contributed by atoms with E-state index in [9.17, 15) is 9.59 Å². The molecule has 3 heterocycles. The van der Waals surface area contributed by atoms with E-state index in [2.05, 4.69) is 0 Å². The van der Waals surface area contributed by atoms with Crippen molar-refractivity contribution in [2.75, 3.05) is 33.4 Å².